The van der Waals surface area contributed by atoms with Gasteiger partial charge in [0.25, 0.3) is 0 Å². The fourth-order valence-electron chi connectivity index (χ4n) is 4.36. The summed E-state index contributed by atoms with van der Waals surface area (Å²) >= 11 is 0. The van der Waals surface area contributed by atoms with E-state index in [4.69, 9.17) is 14.2 Å². The fraction of sp³-hybridized carbons (Fsp3) is 0.556. The summed E-state index contributed by atoms with van der Waals surface area (Å²) in [4.78, 5) is 47.7. The third-order valence-electron chi connectivity index (χ3n) is 6.27. The zero-order valence-corrected chi connectivity index (χ0v) is 23.2. The van der Waals surface area contributed by atoms with Crippen LogP contribution in [-0.2, 0) is 14.3 Å². The number of benzene rings is 1. The molecule has 1 aromatic carbocycles. The second-order valence-corrected chi connectivity index (χ2v) is 11.0. The molecule has 0 amide bonds. The van der Waals surface area contributed by atoms with Crippen molar-refractivity contribution in [1.82, 2.24) is 9.97 Å². The van der Waals surface area contributed by atoms with Crippen molar-refractivity contribution < 1.29 is 23.8 Å². The van der Waals surface area contributed by atoms with E-state index in [2.05, 4.69) is 20.5 Å². The maximum Gasteiger partial charge on any atom is 0.337 e. The van der Waals surface area contributed by atoms with Crippen molar-refractivity contribution in [3.8, 4) is 5.75 Å². The summed E-state index contributed by atoms with van der Waals surface area (Å²) < 4.78 is 15.9. The van der Waals surface area contributed by atoms with Gasteiger partial charge in [-0.05, 0) is 70.8 Å². The molecule has 1 aliphatic carbocycles. The summed E-state index contributed by atoms with van der Waals surface area (Å²) in [5.74, 6) is 0.0983. The molecular weight excluding hydrogens is 490 g/mol. The highest BCUT2D eigenvalue weighted by Gasteiger charge is 2.38. The molecule has 3 rings (SSSR count). The molecule has 0 saturated heterocycles. The molecule has 38 heavy (non-hydrogen) atoms. The van der Waals surface area contributed by atoms with Crippen LogP contribution in [0.25, 0.3) is 0 Å². The first-order chi connectivity index (χ1) is 17.9. The molecule has 11 nitrogen and oxygen atoms in total. The van der Waals surface area contributed by atoms with Gasteiger partial charge in [-0.3, -0.25) is 4.79 Å². The number of ether oxygens (including phenoxy) is 3. The Morgan fingerprint density at radius 2 is 1.82 bits per heavy atom. The molecule has 0 spiro atoms. The first kappa shape index (κ1) is 28.8. The third kappa shape index (κ3) is 6.96. The van der Waals surface area contributed by atoms with Gasteiger partial charge in [-0.25, -0.2) is 9.78 Å². The minimum atomic E-state index is -0.887. The third-order valence-corrected chi connectivity index (χ3v) is 6.27. The predicted molar refractivity (Wildman–Crippen MR) is 144 cm³/mol. The van der Waals surface area contributed by atoms with Gasteiger partial charge in [0.15, 0.2) is 11.5 Å². The number of rotatable bonds is 10. The van der Waals surface area contributed by atoms with Crippen LogP contribution in [0.15, 0.2) is 29.6 Å². The minimum absolute atomic E-state index is 0.0776. The topological polar surface area (TPSA) is 132 Å². The molecule has 1 fully saturated rings. The molecule has 1 N–H and O–H groups in total. The molecule has 0 unspecified atom stereocenters. The molecule has 11 heteroatoms. The number of carbonyl (C=O) groups excluding carboxylic acids is 2. The van der Waals surface area contributed by atoms with E-state index in [0.29, 0.717) is 22.8 Å². The lowest BCUT2D eigenvalue weighted by Gasteiger charge is -2.37. The van der Waals surface area contributed by atoms with Crippen molar-refractivity contribution in [3.63, 3.8) is 0 Å². The van der Waals surface area contributed by atoms with Crippen molar-refractivity contribution in [2.24, 2.45) is 10.6 Å². The Labute approximate surface area is 223 Å². The number of methoxy groups -OCH3 is 2. The molecule has 1 aromatic heterocycles. The fourth-order valence-corrected chi connectivity index (χ4v) is 4.36. The number of nitrogens with zero attached hydrogens (tertiary/aromatic N) is 4. The van der Waals surface area contributed by atoms with Gasteiger partial charge >= 0.3 is 11.9 Å². The van der Waals surface area contributed by atoms with Gasteiger partial charge in [-0.2, -0.15) is 4.98 Å². The van der Waals surface area contributed by atoms with Crippen molar-refractivity contribution in [1.29, 1.82) is 0 Å². The van der Waals surface area contributed by atoms with Crippen LogP contribution in [0.3, 0.4) is 0 Å². The average Bonchev–Trinajstić information content (AvgIpc) is 3.41. The summed E-state index contributed by atoms with van der Waals surface area (Å²) in [5.41, 5.74) is -0.596. The summed E-state index contributed by atoms with van der Waals surface area (Å²) in [7, 11) is 2.78. The molecule has 1 heterocycles. The second kappa shape index (κ2) is 11.7. The van der Waals surface area contributed by atoms with Crippen LogP contribution in [-0.4, -0.2) is 54.3 Å². The van der Waals surface area contributed by atoms with Gasteiger partial charge in [-0.15, -0.1) is 4.91 Å². The van der Waals surface area contributed by atoms with Crippen LogP contribution in [0.5, 0.6) is 5.75 Å². The molecule has 1 saturated carbocycles. The molecule has 0 radical (unpaired) electrons. The number of carbonyl (C=O) groups is 2. The second-order valence-electron chi connectivity index (χ2n) is 11.0. The van der Waals surface area contributed by atoms with Crippen LogP contribution in [0.2, 0.25) is 0 Å². The average molecular weight is 528 g/mol. The number of hydrogen-bond donors (Lipinski definition) is 1. The van der Waals surface area contributed by atoms with E-state index in [1.807, 2.05) is 39.5 Å². The summed E-state index contributed by atoms with van der Waals surface area (Å²) in [6.07, 6.45) is 5.24. The Hall–Kier alpha value is -3.76. The lowest BCUT2D eigenvalue weighted by molar-refractivity contribution is -0.165. The standard InChI is InChI=1S/C27H37N5O6/c1-26(2,3)38-24(34)27(4,5)16-32(18-10-8-9-11-18)22-20(31-35)15-28-25(30-22)29-19-13-12-17(23(33)37-7)14-21(19)36-6/h12-15,18H,8-11,16H2,1-7H3,(H,28,29,30). The van der Waals surface area contributed by atoms with Gasteiger partial charge in [0.1, 0.15) is 11.4 Å². The maximum atomic E-state index is 13.1. The number of aromatic nitrogens is 2. The van der Waals surface area contributed by atoms with Gasteiger partial charge in [0, 0.05) is 12.6 Å². The number of anilines is 3. The summed E-state index contributed by atoms with van der Waals surface area (Å²) in [6.45, 7) is 9.43. The van der Waals surface area contributed by atoms with E-state index < -0.39 is 17.0 Å². The monoisotopic (exact) mass is 527 g/mol. The number of nitrogens with one attached hydrogen (secondary N) is 1. The minimum Gasteiger partial charge on any atom is -0.495 e. The van der Waals surface area contributed by atoms with Crippen molar-refractivity contribution >= 4 is 35.1 Å². The van der Waals surface area contributed by atoms with Crippen molar-refractivity contribution in [2.45, 2.75) is 71.9 Å². The molecule has 0 aliphatic heterocycles. The predicted octanol–water partition coefficient (Wildman–Crippen LogP) is 5.53. The number of nitroso groups, excluding NO2 is 1. The van der Waals surface area contributed by atoms with Crippen LogP contribution in [0.1, 0.15) is 70.7 Å². The lowest BCUT2D eigenvalue weighted by atomic mass is 9.91. The van der Waals surface area contributed by atoms with Crippen molar-refractivity contribution in [2.75, 3.05) is 31.0 Å². The highest BCUT2D eigenvalue weighted by Crippen LogP contribution is 2.37. The number of esters is 2. The van der Waals surface area contributed by atoms with Gasteiger partial charge in [0.05, 0.1) is 37.1 Å². The molecule has 2 aromatic rings. The Balaban J connectivity index is 1.98. The zero-order chi connectivity index (χ0) is 28.1. The number of hydrogen-bond acceptors (Lipinski definition) is 11. The van der Waals surface area contributed by atoms with E-state index >= 15 is 0 Å². The highest BCUT2D eigenvalue weighted by atomic mass is 16.6. The van der Waals surface area contributed by atoms with Gasteiger partial charge < -0.3 is 24.4 Å². The largest absolute Gasteiger partial charge is 0.495 e. The lowest BCUT2D eigenvalue weighted by Crippen LogP contribution is -2.46. The Kier molecular flexibility index (Phi) is 8.90. The smallest absolute Gasteiger partial charge is 0.337 e. The molecule has 0 bridgehead atoms. The SMILES string of the molecule is COC(=O)c1ccc(Nc2ncc(N=O)c(N(CC(C)(C)C(=O)OC(C)(C)C)C3CCCC3)n2)c(OC)c1. The van der Waals surface area contributed by atoms with E-state index in [1.165, 1.54) is 20.4 Å². The van der Waals surface area contributed by atoms with E-state index in [0.717, 1.165) is 25.7 Å². The van der Waals surface area contributed by atoms with E-state index in [9.17, 15) is 14.5 Å². The normalized spacial score (nSPS) is 14.1. The van der Waals surface area contributed by atoms with Crippen molar-refractivity contribution in [3.05, 3.63) is 34.9 Å². The van der Waals surface area contributed by atoms with Crippen LogP contribution in [0.4, 0.5) is 23.1 Å². The van der Waals surface area contributed by atoms with Crippen LogP contribution in [0, 0.1) is 10.3 Å². The first-order valence-electron chi connectivity index (χ1n) is 12.6. The summed E-state index contributed by atoms with van der Waals surface area (Å²) in [5, 5.41) is 6.28. The Morgan fingerprint density at radius 3 is 2.39 bits per heavy atom. The first-order valence-corrected chi connectivity index (χ1v) is 12.6. The van der Waals surface area contributed by atoms with E-state index in [1.54, 1.807) is 18.2 Å². The molecular formula is C27H37N5O6. The molecule has 206 valence electrons. The Morgan fingerprint density at radius 1 is 1.13 bits per heavy atom. The Bertz CT molecular complexity index is 1170. The molecule has 0 atom stereocenters. The van der Waals surface area contributed by atoms with Crippen LogP contribution >= 0.6 is 0 Å². The quantitative estimate of drug-likeness (QED) is 0.310. The van der Waals surface area contributed by atoms with Gasteiger partial charge in [-0.1, -0.05) is 12.8 Å². The van der Waals surface area contributed by atoms with Crippen LogP contribution < -0.4 is 15.0 Å². The van der Waals surface area contributed by atoms with Gasteiger partial charge in [0.2, 0.25) is 5.95 Å². The molecule has 1 aliphatic rings. The summed E-state index contributed by atoms with van der Waals surface area (Å²) in [6, 6.07) is 4.87. The highest BCUT2D eigenvalue weighted by molar-refractivity contribution is 5.91. The maximum absolute atomic E-state index is 13.1. The van der Waals surface area contributed by atoms with E-state index in [-0.39, 0.29) is 30.2 Å². The zero-order valence-electron chi connectivity index (χ0n) is 23.2.